The van der Waals surface area contributed by atoms with Crippen LogP contribution in [0.5, 0.6) is 0 Å². The summed E-state index contributed by atoms with van der Waals surface area (Å²) in [6.07, 6.45) is 2.98. The van der Waals surface area contributed by atoms with Crippen molar-refractivity contribution in [2.45, 2.75) is 64.4 Å². The maximum atomic E-state index is 13.8. The second kappa shape index (κ2) is 9.41. The molecule has 1 aromatic heterocycles. The highest BCUT2D eigenvalue weighted by Crippen LogP contribution is 2.40. The molecule has 0 spiro atoms. The quantitative estimate of drug-likeness (QED) is 0.743. The molecule has 7 heteroatoms. The second-order valence-electron chi connectivity index (χ2n) is 9.66. The molecule has 0 radical (unpaired) electrons. The number of nitrogens with zero attached hydrogens (tertiary/aromatic N) is 2. The molecule has 2 fully saturated rings. The van der Waals surface area contributed by atoms with Crippen molar-refractivity contribution in [3.63, 3.8) is 0 Å². The zero-order valence-corrected chi connectivity index (χ0v) is 19.6. The Labute approximate surface area is 195 Å². The summed E-state index contributed by atoms with van der Waals surface area (Å²) in [5, 5.41) is 3.45. The Morgan fingerprint density at radius 1 is 1.21 bits per heavy atom. The van der Waals surface area contributed by atoms with Gasteiger partial charge in [-0.3, -0.25) is 4.79 Å². The molecule has 4 heterocycles. The summed E-state index contributed by atoms with van der Waals surface area (Å²) in [7, 11) is 0. The van der Waals surface area contributed by atoms with Gasteiger partial charge in [-0.05, 0) is 56.4 Å². The van der Waals surface area contributed by atoms with Crippen LogP contribution in [0.3, 0.4) is 0 Å². The van der Waals surface area contributed by atoms with E-state index in [0.29, 0.717) is 38.0 Å². The van der Waals surface area contributed by atoms with Crippen LogP contribution in [-0.2, 0) is 25.5 Å². The van der Waals surface area contributed by atoms with Crippen molar-refractivity contribution in [2.75, 3.05) is 30.0 Å². The van der Waals surface area contributed by atoms with E-state index in [1.165, 1.54) is 5.56 Å². The van der Waals surface area contributed by atoms with Crippen LogP contribution in [0.1, 0.15) is 50.7 Å². The lowest BCUT2D eigenvalue weighted by molar-refractivity contribution is -0.143. The van der Waals surface area contributed by atoms with Crippen molar-refractivity contribution in [3.05, 3.63) is 47.7 Å². The van der Waals surface area contributed by atoms with E-state index in [1.807, 2.05) is 30.9 Å². The first-order valence-electron chi connectivity index (χ1n) is 12.0. The average molecular weight is 452 g/mol. The molecular formula is C26H33N3O4. The van der Waals surface area contributed by atoms with Crippen molar-refractivity contribution in [1.82, 2.24) is 4.98 Å². The molecule has 0 saturated carbocycles. The van der Waals surface area contributed by atoms with Crippen LogP contribution in [0.25, 0.3) is 0 Å². The molecule has 2 saturated heterocycles. The Hall–Kier alpha value is -2.48. The minimum Gasteiger partial charge on any atom is -0.381 e. The molecule has 0 bridgehead atoms. The SMILES string of the molecule is CC(C)O[C@H]1CC[C@H](C(=O)N2Cc3cccnc3Nc3ccc([C@H]4COC[C@@H]4C)cc32)OC1. The van der Waals surface area contributed by atoms with Crippen LogP contribution in [0, 0.1) is 5.92 Å². The number of carbonyl (C=O) groups excluding carboxylic acids is 1. The van der Waals surface area contributed by atoms with Crippen molar-refractivity contribution in [1.29, 1.82) is 0 Å². The van der Waals surface area contributed by atoms with Gasteiger partial charge in [0.1, 0.15) is 11.9 Å². The third-order valence-corrected chi connectivity index (χ3v) is 6.82. The summed E-state index contributed by atoms with van der Waals surface area (Å²) >= 11 is 0. The van der Waals surface area contributed by atoms with Crippen LogP contribution in [-0.4, -0.2) is 49.0 Å². The van der Waals surface area contributed by atoms with E-state index in [2.05, 4.69) is 35.4 Å². The van der Waals surface area contributed by atoms with Crippen LogP contribution >= 0.6 is 0 Å². The molecule has 33 heavy (non-hydrogen) atoms. The lowest BCUT2D eigenvalue weighted by atomic mass is 9.89. The summed E-state index contributed by atoms with van der Waals surface area (Å²) < 4.78 is 17.6. The number of hydrogen-bond acceptors (Lipinski definition) is 6. The van der Waals surface area contributed by atoms with Gasteiger partial charge in [-0.2, -0.15) is 0 Å². The largest absolute Gasteiger partial charge is 0.381 e. The zero-order chi connectivity index (χ0) is 22.9. The van der Waals surface area contributed by atoms with Gasteiger partial charge >= 0.3 is 0 Å². The lowest BCUT2D eigenvalue weighted by Gasteiger charge is -2.33. The molecular weight excluding hydrogens is 418 g/mol. The first-order chi connectivity index (χ1) is 16.0. The summed E-state index contributed by atoms with van der Waals surface area (Å²) in [5.41, 5.74) is 3.94. The number of fused-ring (bicyclic) bond motifs is 2. The highest BCUT2D eigenvalue weighted by atomic mass is 16.5. The molecule has 0 aliphatic carbocycles. The van der Waals surface area contributed by atoms with Gasteiger partial charge in [0.25, 0.3) is 5.91 Å². The Bertz CT molecular complexity index is 1000. The second-order valence-corrected chi connectivity index (χ2v) is 9.66. The van der Waals surface area contributed by atoms with Crippen molar-refractivity contribution in [2.24, 2.45) is 5.92 Å². The molecule has 7 nitrogen and oxygen atoms in total. The number of amides is 1. The summed E-state index contributed by atoms with van der Waals surface area (Å²) in [5.74, 6) is 1.56. The van der Waals surface area contributed by atoms with E-state index in [9.17, 15) is 4.79 Å². The molecule has 3 aliphatic heterocycles. The molecule has 1 amide bonds. The lowest BCUT2D eigenvalue weighted by Crippen LogP contribution is -2.44. The van der Waals surface area contributed by atoms with Gasteiger partial charge in [0, 0.05) is 24.3 Å². The zero-order valence-electron chi connectivity index (χ0n) is 19.6. The summed E-state index contributed by atoms with van der Waals surface area (Å²) in [6.45, 7) is 8.65. The van der Waals surface area contributed by atoms with Crippen molar-refractivity contribution < 1.29 is 19.0 Å². The molecule has 4 atom stereocenters. The van der Waals surface area contributed by atoms with Gasteiger partial charge in [-0.15, -0.1) is 0 Å². The maximum absolute atomic E-state index is 13.8. The Kier molecular flexibility index (Phi) is 6.36. The Morgan fingerprint density at radius 2 is 2.09 bits per heavy atom. The number of rotatable bonds is 4. The highest BCUT2D eigenvalue weighted by molar-refractivity contribution is 6.01. The number of hydrogen-bond donors (Lipinski definition) is 1. The van der Waals surface area contributed by atoms with Gasteiger partial charge in [0.05, 0.1) is 43.3 Å². The summed E-state index contributed by atoms with van der Waals surface area (Å²) in [6, 6.07) is 10.3. The predicted octanol–water partition coefficient (Wildman–Crippen LogP) is 4.39. The first kappa shape index (κ1) is 22.3. The van der Waals surface area contributed by atoms with E-state index in [-0.39, 0.29) is 18.1 Å². The predicted molar refractivity (Wildman–Crippen MR) is 127 cm³/mol. The van der Waals surface area contributed by atoms with E-state index in [1.54, 1.807) is 6.20 Å². The third-order valence-electron chi connectivity index (χ3n) is 6.82. The number of carbonyl (C=O) groups is 1. The molecule has 3 aliphatic rings. The van der Waals surface area contributed by atoms with Crippen molar-refractivity contribution >= 4 is 23.1 Å². The maximum Gasteiger partial charge on any atom is 0.256 e. The van der Waals surface area contributed by atoms with E-state index in [0.717, 1.165) is 35.8 Å². The topological polar surface area (TPSA) is 72.9 Å². The normalized spacial score (nSPS) is 27.0. The molecule has 176 valence electrons. The van der Waals surface area contributed by atoms with Crippen LogP contribution in [0.2, 0.25) is 0 Å². The Morgan fingerprint density at radius 3 is 2.82 bits per heavy atom. The van der Waals surface area contributed by atoms with Gasteiger partial charge in [-0.25, -0.2) is 4.98 Å². The van der Waals surface area contributed by atoms with Gasteiger partial charge in [0.15, 0.2) is 0 Å². The van der Waals surface area contributed by atoms with Gasteiger partial charge in [-0.1, -0.05) is 19.1 Å². The molecule has 2 aromatic rings. The first-order valence-corrected chi connectivity index (χ1v) is 12.0. The molecule has 1 N–H and O–H groups in total. The van der Waals surface area contributed by atoms with E-state index >= 15 is 0 Å². The highest BCUT2D eigenvalue weighted by Gasteiger charge is 2.35. The average Bonchev–Trinajstić information content (AvgIpc) is 3.16. The molecule has 0 unspecified atom stereocenters. The number of benzene rings is 1. The Balaban J connectivity index is 1.45. The number of ether oxygens (including phenoxy) is 3. The number of anilines is 3. The third kappa shape index (κ3) is 4.63. The minimum atomic E-state index is -0.472. The van der Waals surface area contributed by atoms with E-state index in [4.69, 9.17) is 14.2 Å². The fraction of sp³-hybridized carbons (Fsp3) is 0.538. The number of aromatic nitrogens is 1. The monoisotopic (exact) mass is 451 g/mol. The van der Waals surface area contributed by atoms with Crippen LogP contribution < -0.4 is 10.2 Å². The fourth-order valence-electron chi connectivity index (χ4n) is 5.04. The fourth-order valence-corrected chi connectivity index (χ4v) is 5.04. The van der Waals surface area contributed by atoms with Crippen molar-refractivity contribution in [3.8, 4) is 0 Å². The van der Waals surface area contributed by atoms with Gasteiger partial charge < -0.3 is 24.4 Å². The van der Waals surface area contributed by atoms with Crippen LogP contribution in [0.15, 0.2) is 36.5 Å². The molecule has 5 rings (SSSR count). The summed E-state index contributed by atoms with van der Waals surface area (Å²) in [4.78, 5) is 20.2. The van der Waals surface area contributed by atoms with Crippen LogP contribution in [0.4, 0.5) is 17.2 Å². The number of pyridine rings is 1. The standard InChI is InChI=1S/C26H33N3O4/c1-16(2)33-20-7-9-24(32-14-20)26(30)29-12-19-5-4-10-27-25(19)28-22-8-6-18(11-23(22)29)21-15-31-13-17(21)3/h4-6,8,10-11,16-17,20-21,24H,7,9,12-15H2,1-3H3,(H,27,28)/t17-,20-,21-,24+/m0/s1. The van der Waals surface area contributed by atoms with Gasteiger partial charge in [0.2, 0.25) is 0 Å². The smallest absolute Gasteiger partial charge is 0.256 e. The molecule has 1 aromatic carbocycles. The minimum absolute atomic E-state index is 0.00868. The number of nitrogens with one attached hydrogen (secondary N) is 1. The van der Waals surface area contributed by atoms with E-state index < -0.39 is 6.10 Å².